The number of hydrogen-bond acceptors (Lipinski definition) is 10. The van der Waals surface area contributed by atoms with E-state index in [2.05, 4.69) is 62.5 Å². The van der Waals surface area contributed by atoms with Crippen molar-refractivity contribution in [1.82, 2.24) is 5.32 Å². The Hall–Kier alpha value is -2.38. The highest BCUT2D eigenvalue weighted by Gasteiger charge is 2.47. The van der Waals surface area contributed by atoms with Gasteiger partial charge in [0, 0.05) is 6.42 Å². The highest BCUT2D eigenvalue weighted by molar-refractivity contribution is 5.80. The lowest BCUT2D eigenvalue weighted by molar-refractivity contribution is -0.305. The summed E-state index contributed by atoms with van der Waals surface area (Å²) in [6.45, 7) is 5.80. The van der Waals surface area contributed by atoms with E-state index in [0.717, 1.165) is 83.5 Å². The fraction of sp³-hybridized carbons (Fsp3) is 0.861. The fourth-order valence-corrected chi connectivity index (χ4v) is 11.1. The number of rotatable bonds is 61. The Balaban J connectivity index is 2.56. The number of aliphatic hydroxyl groups excluding tert-OH is 5. The first-order valence-corrected chi connectivity index (χ1v) is 35.4. The number of esters is 1. The second-order valence-corrected chi connectivity index (χ2v) is 24.6. The molecule has 83 heavy (non-hydrogen) atoms. The SMILES string of the molecule is CCCCC/C=C\C/C=C\C/C=C\CCCCCCCCCCC(=O)OC1C(OCC(NC(=O)C(O)CCCCCCCCCCCCCCCCCCCCCCCC)C(O)/C=C/CCCCCCCCCCC)OC(CO)C(O)C1O. The lowest BCUT2D eigenvalue weighted by Gasteiger charge is -2.41. The molecule has 11 heteroatoms. The van der Waals surface area contributed by atoms with Gasteiger partial charge in [0.05, 0.1) is 25.4 Å². The predicted molar refractivity (Wildman–Crippen MR) is 347 cm³/mol. The van der Waals surface area contributed by atoms with Gasteiger partial charge in [-0.2, -0.15) is 0 Å². The molecule has 1 aliphatic heterocycles. The second-order valence-electron chi connectivity index (χ2n) is 24.6. The molecule has 0 aromatic heterocycles. The third-order valence-corrected chi connectivity index (χ3v) is 16.7. The summed E-state index contributed by atoms with van der Waals surface area (Å²) in [6.07, 6.45) is 64.4. The number of carbonyl (C=O) groups excluding carboxylic acids is 2. The normalized spacial score (nSPS) is 18.8. The van der Waals surface area contributed by atoms with E-state index in [-0.39, 0.29) is 13.0 Å². The molecule has 0 aliphatic carbocycles. The van der Waals surface area contributed by atoms with Crippen LogP contribution in [-0.2, 0) is 23.8 Å². The average molecular weight is 1170 g/mol. The van der Waals surface area contributed by atoms with Crippen molar-refractivity contribution in [3.8, 4) is 0 Å². The van der Waals surface area contributed by atoms with Crippen molar-refractivity contribution in [1.29, 1.82) is 0 Å². The van der Waals surface area contributed by atoms with Crippen molar-refractivity contribution in [2.75, 3.05) is 13.2 Å². The van der Waals surface area contributed by atoms with Gasteiger partial charge in [0.1, 0.15) is 24.4 Å². The van der Waals surface area contributed by atoms with E-state index in [9.17, 15) is 35.1 Å². The minimum atomic E-state index is -1.62. The molecule has 0 radical (unpaired) electrons. The van der Waals surface area contributed by atoms with Crippen LogP contribution in [0.4, 0.5) is 0 Å². The van der Waals surface area contributed by atoms with E-state index in [1.807, 2.05) is 6.08 Å². The summed E-state index contributed by atoms with van der Waals surface area (Å²) in [6, 6.07) is -1.02. The van der Waals surface area contributed by atoms with Crippen molar-refractivity contribution in [3.05, 3.63) is 48.6 Å². The number of ether oxygens (including phenoxy) is 3. The van der Waals surface area contributed by atoms with Gasteiger partial charge in [0.25, 0.3) is 0 Å². The first kappa shape index (κ1) is 78.6. The summed E-state index contributed by atoms with van der Waals surface area (Å²) >= 11 is 0. The van der Waals surface area contributed by atoms with Crippen LogP contribution in [0, 0.1) is 0 Å². The van der Waals surface area contributed by atoms with Gasteiger partial charge in [-0.25, -0.2) is 0 Å². The molecule has 0 spiro atoms. The van der Waals surface area contributed by atoms with E-state index in [4.69, 9.17) is 14.2 Å². The molecule has 6 N–H and O–H groups in total. The van der Waals surface area contributed by atoms with Gasteiger partial charge < -0.3 is 45.1 Å². The molecule has 0 bridgehead atoms. The monoisotopic (exact) mass is 1170 g/mol. The molecule has 1 aliphatic rings. The van der Waals surface area contributed by atoms with Gasteiger partial charge in [-0.1, -0.05) is 313 Å². The minimum Gasteiger partial charge on any atom is -0.454 e. The molecule has 0 aromatic carbocycles. The third-order valence-electron chi connectivity index (χ3n) is 16.7. The molecule has 8 atom stereocenters. The van der Waals surface area contributed by atoms with Gasteiger partial charge in [0.15, 0.2) is 12.4 Å². The zero-order chi connectivity index (χ0) is 60.3. The van der Waals surface area contributed by atoms with Crippen molar-refractivity contribution >= 4 is 11.9 Å². The largest absolute Gasteiger partial charge is 0.454 e. The van der Waals surface area contributed by atoms with Crippen LogP contribution < -0.4 is 5.32 Å². The Morgan fingerprint density at radius 2 is 0.831 bits per heavy atom. The Kier molecular flexibility index (Phi) is 56.8. The van der Waals surface area contributed by atoms with Gasteiger partial charge in [-0.05, 0) is 64.2 Å². The molecule has 1 rings (SSSR count). The Morgan fingerprint density at radius 3 is 1.27 bits per heavy atom. The summed E-state index contributed by atoms with van der Waals surface area (Å²) in [5.41, 5.74) is 0. The summed E-state index contributed by atoms with van der Waals surface area (Å²) in [5, 5.41) is 57.2. The highest BCUT2D eigenvalue weighted by Crippen LogP contribution is 2.26. The summed E-state index contributed by atoms with van der Waals surface area (Å²) < 4.78 is 17.7. The van der Waals surface area contributed by atoms with E-state index in [0.29, 0.717) is 19.3 Å². The van der Waals surface area contributed by atoms with Crippen LogP contribution in [0.5, 0.6) is 0 Å². The predicted octanol–water partition coefficient (Wildman–Crippen LogP) is 18.0. The number of unbranched alkanes of at least 4 members (excludes halogenated alkanes) is 41. The van der Waals surface area contributed by atoms with Gasteiger partial charge in [-0.3, -0.25) is 9.59 Å². The molecule has 1 heterocycles. The quantitative estimate of drug-likeness (QED) is 0.0195. The van der Waals surface area contributed by atoms with Crippen LogP contribution in [0.25, 0.3) is 0 Å². The number of nitrogens with one attached hydrogen (secondary N) is 1. The average Bonchev–Trinajstić information content (AvgIpc) is 3.69. The molecule has 0 aromatic rings. The molecule has 0 saturated carbocycles. The van der Waals surface area contributed by atoms with Gasteiger partial charge in [-0.15, -0.1) is 0 Å². The van der Waals surface area contributed by atoms with Crippen LogP contribution in [0.1, 0.15) is 335 Å². The summed E-state index contributed by atoms with van der Waals surface area (Å²) in [5.74, 6) is -1.19. The number of hydrogen-bond donors (Lipinski definition) is 6. The molecule has 1 fully saturated rings. The maximum atomic E-state index is 13.5. The van der Waals surface area contributed by atoms with E-state index >= 15 is 0 Å². The standard InChI is InChI=1S/C72H133NO10/c1-4-7-10-13-16-19-22-24-26-28-30-32-34-35-37-39-41-44-47-50-53-56-59-65(76)71(80)73-63(64(75)58-55-52-49-46-43-21-18-15-12-9-6-3)62-81-72-70(69(79)68(78)66(61-74)82-72)83-67(77)60-57-54-51-48-45-42-40-38-36-33-31-29-27-25-23-20-17-14-11-8-5-2/h17,20,25,27,31,33,55,58,63-66,68-70,72,74-76,78-79H,4-16,18-19,21-24,26,28-30,32,34-54,56-57,59-62H2,1-3H3,(H,73,80)/b20-17-,27-25-,33-31-,58-55+. The molecular weight excluding hydrogens is 1040 g/mol. The van der Waals surface area contributed by atoms with Crippen molar-refractivity contribution in [2.24, 2.45) is 0 Å². The summed E-state index contributed by atoms with van der Waals surface area (Å²) in [4.78, 5) is 26.7. The zero-order valence-electron chi connectivity index (χ0n) is 54.1. The Bertz CT molecular complexity index is 1540. The maximum absolute atomic E-state index is 13.5. The maximum Gasteiger partial charge on any atom is 0.306 e. The van der Waals surface area contributed by atoms with Crippen LogP contribution in [0.15, 0.2) is 48.6 Å². The smallest absolute Gasteiger partial charge is 0.306 e. The van der Waals surface area contributed by atoms with Crippen LogP contribution in [0.3, 0.4) is 0 Å². The van der Waals surface area contributed by atoms with Gasteiger partial charge >= 0.3 is 5.97 Å². The Labute approximate surface area is 510 Å². The van der Waals surface area contributed by atoms with Crippen molar-refractivity contribution in [3.63, 3.8) is 0 Å². The first-order valence-electron chi connectivity index (χ1n) is 35.4. The van der Waals surface area contributed by atoms with Crippen LogP contribution in [0.2, 0.25) is 0 Å². The van der Waals surface area contributed by atoms with E-state index in [1.165, 1.54) is 205 Å². The lowest BCUT2D eigenvalue weighted by Crippen LogP contribution is -2.61. The molecule has 1 amide bonds. The van der Waals surface area contributed by atoms with Crippen molar-refractivity contribution < 1.29 is 49.3 Å². The number of aliphatic hydroxyl groups is 5. The summed E-state index contributed by atoms with van der Waals surface area (Å²) in [7, 11) is 0. The number of carbonyl (C=O) groups is 2. The molecular formula is C72H133NO10. The van der Waals surface area contributed by atoms with Gasteiger partial charge in [0.2, 0.25) is 5.91 Å². The van der Waals surface area contributed by atoms with E-state index < -0.39 is 67.4 Å². The van der Waals surface area contributed by atoms with Crippen molar-refractivity contribution in [2.45, 2.75) is 384 Å². The Morgan fingerprint density at radius 1 is 0.470 bits per heavy atom. The number of amides is 1. The first-order chi connectivity index (χ1) is 40.7. The molecule has 1 saturated heterocycles. The second kappa shape index (κ2) is 59.9. The minimum absolute atomic E-state index is 0.116. The third kappa shape index (κ3) is 47.4. The molecule has 486 valence electrons. The molecule has 8 unspecified atom stereocenters. The lowest BCUT2D eigenvalue weighted by atomic mass is 9.99. The van der Waals surface area contributed by atoms with E-state index in [1.54, 1.807) is 6.08 Å². The highest BCUT2D eigenvalue weighted by atomic mass is 16.7. The zero-order valence-corrected chi connectivity index (χ0v) is 54.1. The topological polar surface area (TPSA) is 175 Å². The fourth-order valence-electron chi connectivity index (χ4n) is 11.1. The van der Waals surface area contributed by atoms with Crippen LogP contribution in [-0.4, -0.2) is 99.6 Å². The molecule has 11 nitrogen and oxygen atoms in total. The van der Waals surface area contributed by atoms with Crippen LogP contribution >= 0.6 is 0 Å². The number of allylic oxidation sites excluding steroid dienone is 7.